The highest BCUT2D eigenvalue weighted by Gasteiger charge is 2.14. The van der Waals surface area contributed by atoms with E-state index in [0.29, 0.717) is 5.92 Å². The van der Waals surface area contributed by atoms with Crippen molar-refractivity contribution in [2.24, 2.45) is 11.8 Å². The van der Waals surface area contributed by atoms with Gasteiger partial charge in [0.15, 0.2) is 0 Å². The largest absolute Gasteiger partial charge is 0.388 e. The molecule has 1 aliphatic heterocycles. The number of piperidine rings is 1. The quantitative estimate of drug-likeness (QED) is 0.839. The summed E-state index contributed by atoms with van der Waals surface area (Å²) in [7, 11) is 0. The summed E-state index contributed by atoms with van der Waals surface area (Å²) in [4.78, 5) is 0. The van der Waals surface area contributed by atoms with Crippen molar-refractivity contribution >= 4 is 5.69 Å². The average Bonchev–Trinajstić information content (AvgIpc) is 2.39. The van der Waals surface area contributed by atoms with E-state index in [1.807, 2.05) is 0 Å². The van der Waals surface area contributed by atoms with Gasteiger partial charge in [-0.1, -0.05) is 32.6 Å². The Hall–Kier alpha value is -1.44. The van der Waals surface area contributed by atoms with Crippen molar-refractivity contribution in [2.75, 3.05) is 18.4 Å². The zero-order valence-corrected chi connectivity index (χ0v) is 12.2. The maximum atomic E-state index is 3.97. The molecule has 1 saturated heterocycles. The molecule has 0 spiro atoms. The molecule has 1 aromatic rings. The topological polar surface area (TPSA) is 24.1 Å². The summed E-state index contributed by atoms with van der Waals surface area (Å²) in [6, 6.07) is 8.88. The lowest BCUT2D eigenvalue weighted by molar-refractivity contribution is 0.434. The van der Waals surface area contributed by atoms with Gasteiger partial charge in [-0.15, -0.1) is 0 Å². The van der Waals surface area contributed by atoms with Crippen LogP contribution in [0, 0.1) is 11.8 Å². The Labute approximate surface area is 117 Å². The van der Waals surface area contributed by atoms with Crippen molar-refractivity contribution < 1.29 is 0 Å². The van der Waals surface area contributed by atoms with Crippen LogP contribution in [0.5, 0.6) is 0 Å². The molecule has 2 N–H and O–H groups in total. The Kier molecular flexibility index (Phi) is 4.89. The summed E-state index contributed by atoms with van der Waals surface area (Å²) >= 11 is 0. The van der Waals surface area contributed by atoms with Gasteiger partial charge in [0, 0.05) is 24.5 Å². The highest BCUT2D eigenvalue weighted by Crippen LogP contribution is 2.17. The van der Waals surface area contributed by atoms with Gasteiger partial charge in [-0.25, -0.2) is 0 Å². The molecule has 2 heteroatoms. The van der Waals surface area contributed by atoms with Crippen LogP contribution in [-0.2, 0) is 6.42 Å². The molecule has 2 rings (SSSR count). The Morgan fingerprint density at radius 2 is 2.05 bits per heavy atom. The third-order valence-electron chi connectivity index (χ3n) is 3.69. The van der Waals surface area contributed by atoms with Crippen molar-refractivity contribution in [3.8, 4) is 0 Å². The van der Waals surface area contributed by atoms with E-state index >= 15 is 0 Å². The van der Waals surface area contributed by atoms with E-state index in [9.17, 15) is 0 Å². The van der Waals surface area contributed by atoms with Gasteiger partial charge in [-0.3, -0.25) is 0 Å². The summed E-state index contributed by atoms with van der Waals surface area (Å²) in [6.45, 7) is 10.6. The van der Waals surface area contributed by atoms with E-state index in [1.165, 1.54) is 23.4 Å². The molecule has 0 saturated carbocycles. The SMILES string of the molecule is C=C1CCC(CNc2ccc(CC(C)C)cc2)CN1. The van der Waals surface area contributed by atoms with E-state index in [0.717, 1.165) is 31.8 Å². The molecule has 1 aliphatic rings. The lowest BCUT2D eigenvalue weighted by atomic mass is 9.98. The van der Waals surface area contributed by atoms with Crippen LogP contribution in [0.3, 0.4) is 0 Å². The normalized spacial score (nSPS) is 19.3. The fourth-order valence-electron chi connectivity index (χ4n) is 2.52. The van der Waals surface area contributed by atoms with Crippen molar-refractivity contribution in [3.63, 3.8) is 0 Å². The minimum atomic E-state index is 0.709. The zero-order valence-electron chi connectivity index (χ0n) is 12.2. The van der Waals surface area contributed by atoms with Crippen molar-refractivity contribution in [1.29, 1.82) is 0 Å². The van der Waals surface area contributed by atoms with Crippen LogP contribution < -0.4 is 10.6 Å². The molecule has 19 heavy (non-hydrogen) atoms. The number of benzene rings is 1. The van der Waals surface area contributed by atoms with Crippen LogP contribution in [0.2, 0.25) is 0 Å². The van der Waals surface area contributed by atoms with Gasteiger partial charge in [-0.05, 0) is 48.8 Å². The van der Waals surface area contributed by atoms with Gasteiger partial charge >= 0.3 is 0 Å². The van der Waals surface area contributed by atoms with Gasteiger partial charge < -0.3 is 10.6 Å². The summed E-state index contributed by atoms with van der Waals surface area (Å²) in [5.74, 6) is 1.43. The Morgan fingerprint density at radius 3 is 2.63 bits per heavy atom. The molecule has 1 atom stereocenters. The first kappa shape index (κ1) is 14.0. The maximum Gasteiger partial charge on any atom is 0.0340 e. The number of hydrogen-bond acceptors (Lipinski definition) is 2. The third-order valence-corrected chi connectivity index (χ3v) is 3.69. The number of hydrogen-bond donors (Lipinski definition) is 2. The molecule has 1 fully saturated rings. The Balaban J connectivity index is 1.78. The molecule has 1 unspecified atom stereocenters. The van der Waals surface area contributed by atoms with Crippen LogP contribution in [-0.4, -0.2) is 13.1 Å². The van der Waals surface area contributed by atoms with Gasteiger partial charge in [0.25, 0.3) is 0 Å². The second-order valence-electron chi connectivity index (χ2n) is 6.06. The van der Waals surface area contributed by atoms with Crippen molar-refractivity contribution in [2.45, 2.75) is 33.1 Å². The predicted molar refractivity (Wildman–Crippen MR) is 83.3 cm³/mol. The molecule has 0 bridgehead atoms. The highest BCUT2D eigenvalue weighted by molar-refractivity contribution is 5.44. The molecule has 0 amide bonds. The van der Waals surface area contributed by atoms with Gasteiger partial charge in [-0.2, -0.15) is 0 Å². The van der Waals surface area contributed by atoms with Gasteiger partial charge in [0.05, 0.1) is 0 Å². The van der Waals surface area contributed by atoms with E-state index in [1.54, 1.807) is 0 Å². The first-order valence-electron chi connectivity index (χ1n) is 7.38. The van der Waals surface area contributed by atoms with Crippen LogP contribution >= 0.6 is 0 Å². The van der Waals surface area contributed by atoms with E-state index < -0.39 is 0 Å². The molecular weight excluding hydrogens is 232 g/mol. The van der Waals surface area contributed by atoms with E-state index in [4.69, 9.17) is 0 Å². The first-order chi connectivity index (χ1) is 9.13. The number of anilines is 1. The zero-order chi connectivity index (χ0) is 13.7. The smallest absolute Gasteiger partial charge is 0.0340 e. The summed E-state index contributed by atoms with van der Waals surface area (Å²) in [5, 5.41) is 6.90. The second-order valence-corrected chi connectivity index (χ2v) is 6.06. The summed E-state index contributed by atoms with van der Waals surface area (Å²) < 4.78 is 0. The van der Waals surface area contributed by atoms with Crippen LogP contribution in [0.25, 0.3) is 0 Å². The number of allylic oxidation sites excluding steroid dienone is 1. The fraction of sp³-hybridized carbons (Fsp3) is 0.529. The lowest BCUT2D eigenvalue weighted by Crippen LogP contribution is -2.31. The number of nitrogens with one attached hydrogen (secondary N) is 2. The van der Waals surface area contributed by atoms with Crippen molar-refractivity contribution in [3.05, 3.63) is 42.1 Å². The Bertz CT molecular complexity index is 396. The molecule has 1 aromatic carbocycles. The van der Waals surface area contributed by atoms with E-state index in [-0.39, 0.29) is 0 Å². The minimum absolute atomic E-state index is 0.709. The molecule has 0 aliphatic carbocycles. The molecule has 0 radical (unpaired) electrons. The average molecular weight is 258 g/mol. The Morgan fingerprint density at radius 1 is 1.32 bits per heavy atom. The maximum absolute atomic E-state index is 3.97. The van der Waals surface area contributed by atoms with E-state index in [2.05, 4.69) is 55.3 Å². The van der Waals surface area contributed by atoms with Crippen molar-refractivity contribution in [1.82, 2.24) is 5.32 Å². The highest BCUT2D eigenvalue weighted by atomic mass is 14.9. The first-order valence-corrected chi connectivity index (χ1v) is 7.38. The summed E-state index contributed by atoms with van der Waals surface area (Å²) in [5.41, 5.74) is 3.85. The predicted octanol–water partition coefficient (Wildman–Crippen LogP) is 3.81. The summed E-state index contributed by atoms with van der Waals surface area (Å²) in [6.07, 6.45) is 3.51. The standard InChI is InChI=1S/C17H26N2/c1-13(2)10-15-6-8-17(9-7-15)19-12-16-5-4-14(3)18-11-16/h6-9,13,16,18-19H,3-5,10-12H2,1-2H3. The van der Waals surface area contributed by atoms with Crippen LogP contribution in [0.4, 0.5) is 5.69 Å². The monoisotopic (exact) mass is 258 g/mol. The van der Waals surface area contributed by atoms with Gasteiger partial charge in [0.2, 0.25) is 0 Å². The van der Waals surface area contributed by atoms with Gasteiger partial charge in [0.1, 0.15) is 0 Å². The van der Waals surface area contributed by atoms with Crippen LogP contribution in [0.1, 0.15) is 32.3 Å². The fourth-order valence-corrected chi connectivity index (χ4v) is 2.52. The molecule has 0 aromatic heterocycles. The third kappa shape index (κ3) is 4.62. The minimum Gasteiger partial charge on any atom is -0.388 e. The number of rotatable bonds is 5. The molecule has 104 valence electrons. The lowest BCUT2D eigenvalue weighted by Gasteiger charge is -2.25. The molecular formula is C17H26N2. The molecule has 2 nitrogen and oxygen atoms in total. The molecule has 1 heterocycles. The van der Waals surface area contributed by atoms with Crippen LogP contribution in [0.15, 0.2) is 36.5 Å². The second kappa shape index (κ2) is 6.65.